The molecule has 2 aromatic heterocycles. The van der Waals surface area contributed by atoms with Crippen LogP contribution in [-0.4, -0.2) is 26.0 Å². The average molecular weight is 262 g/mol. The summed E-state index contributed by atoms with van der Waals surface area (Å²) in [7, 11) is 1.70. The monoisotopic (exact) mass is 262 g/mol. The summed E-state index contributed by atoms with van der Waals surface area (Å²) in [6.45, 7) is 0. The molecule has 0 spiro atoms. The van der Waals surface area contributed by atoms with Crippen molar-refractivity contribution in [1.29, 1.82) is 0 Å². The number of fused-ring (bicyclic) bond motifs is 1. The van der Waals surface area contributed by atoms with Crippen LogP contribution in [0.5, 0.6) is 0 Å². The van der Waals surface area contributed by atoms with E-state index in [2.05, 4.69) is 21.5 Å². The normalized spacial score (nSPS) is 14.5. The van der Waals surface area contributed by atoms with Gasteiger partial charge < -0.3 is 0 Å². The van der Waals surface area contributed by atoms with Crippen molar-refractivity contribution in [3.05, 3.63) is 27.2 Å². The van der Waals surface area contributed by atoms with E-state index in [9.17, 15) is 4.79 Å². The van der Waals surface area contributed by atoms with E-state index in [-0.39, 0.29) is 12.2 Å². The second-order valence-corrected chi connectivity index (χ2v) is 5.70. The summed E-state index contributed by atoms with van der Waals surface area (Å²) in [6.07, 6.45) is 4.96. The van der Waals surface area contributed by atoms with Crippen molar-refractivity contribution in [3.63, 3.8) is 0 Å². The summed E-state index contributed by atoms with van der Waals surface area (Å²) in [5, 5.41) is 11.6. The molecule has 0 saturated heterocycles. The molecule has 0 unspecified atom stereocenters. The maximum Gasteiger partial charge on any atom is 0.182 e. The molecule has 2 heterocycles. The van der Waals surface area contributed by atoms with Crippen LogP contribution in [-0.2, 0) is 26.3 Å². The number of Topliss-reactive ketones (excluding diaryl/α,β-unsaturated/α-hetero) is 1. The molecule has 3 rings (SSSR count). The fourth-order valence-corrected chi connectivity index (χ4v) is 3.44. The number of carbonyl (C=O) groups is 1. The largest absolute Gasteiger partial charge is 0.293 e. The molecule has 0 aromatic carbocycles. The fraction of sp³-hybridized carbons (Fsp3) is 0.500. The Balaban J connectivity index is 1.78. The van der Waals surface area contributed by atoms with Crippen molar-refractivity contribution in [3.8, 4) is 0 Å². The molecule has 0 bridgehead atoms. The number of tetrazole rings is 1. The molecule has 0 atom stereocenters. The smallest absolute Gasteiger partial charge is 0.182 e. The lowest BCUT2D eigenvalue weighted by atomic mass is 9.99. The number of aromatic nitrogens is 4. The van der Waals surface area contributed by atoms with E-state index >= 15 is 0 Å². The zero-order chi connectivity index (χ0) is 12.5. The lowest BCUT2D eigenvalue weighted by Gasteiger charge is -2.08. The lowest BCUT2D eigenvalue weighted by Crippen LogP contribution is -2.03. The Bertz CT molecular complexity index is 563. The van der Waals surface area contributed by atoms with Gasteiger partial charge in [0.15, 0.2) is 11.6 Å². The maximum absolute atomic E-state index is 12.1. The van der Waals surface area contributed by atoms with Crippen LogP contribution < -0.4 is 0 Å². The topological polar surface area (TPSA) is 60.7 Å². The molecule has 94 valence electrons. The number of rotatable bonds is 3. The Morgan fingerprint density at radius 1 is 1.44 bits per heavy atom. The highest BCUT2D eigenvalue weighted by atomic mass is 32.1. The van der Waals surface area contributed by atoms with Crippen molar-refractivity contribution in [2.75, 3.05) is 0 Å². The van der Waals surface area contributed by atoms with Crippen LogP contribution in [0, 0.1) is 0 Å². The first kappa shape index (κ1) is 11.5. The summed E-state index contributed by atoms with van der Waals surface area (Å²) in [4.78, 5) is 15.7. The maximum atomic E-state index is 12.1. The van der Waals surface area contributed by atoms with Crippen LogP contribution in [0.15, 0.2) is 6.07 Å². The summed E-state index contributed by atoms with van der Waals surface area (Å²) in [6, 6.07) is 2.05. The van der Waals surface area contributed by atoms with Gasteiger partial charge in [-0.1, -0.05) is 0 Å². The Kier molecular flexibility index (Phi) is 2.95. The summed E-state index contributed by atoms with van der Waals surface area (Å²) < 4.78 is 0. The fourth-order valence-electron chi connectivity index (χ4n) is 2.25. The molecule has 6 heteroatoms. The number of hydrogen-bond donors (Lipinski definition) is 0. The molecule has 5 nitrogen and oxygen atoms in total. The van der Waals surface area contributed by atoms with E-state index in [0.29, 0.717) is 5.82 Å². The Hall–Kier alpha value is -1.56. The Labute approximate surface area is 109 Å². The zero-order valence-corrected chi connectivity index (χ0v) is 11.0. The van der Waals surface area contributed by atoms with E-state index in [1.54, 1.807) is 18.4 Å². The first-order valence-corrected chi connectivity index (χ1v) is 6.91. The van der Waals surface area contributed by atoms with Crippen molar-refractivity contribution in [2.45, 2.75) is 32.1 Å². The molecule has 0 aliphatic heterocycles. The third-order valence-corrected chi connectivity index (χ3v) is 4.42. The van der Waals surface area contributed by atoms with E-state index in [1.165, 1.54) is 28.1 Å². The van der Waals surface area contributed by atoms with E-state index in [0.717, 1.165) is 17.7 Å². The third kappa shape index (κ3) is 2.20. The van der Waals surface area contributed by atoms with Crippen molar-refractivity contribution < 1.29 is 4.79 Å². The van der Waals surface area contributed by atoms with Crippen LogP contribution in [0.1, 0.15) is 38.8 Å². The number of aryl methyl sites for hydroxylation is 3. The van der Waals surface area contributed by atoms with Gasteiger partial charge in [0.1, 0.15) is 0 Å². The van der Waals surface area contributed by atoms with Crippen LogP contribution in [0.4, 0.5) is 0 Å². The quantitative estimate of drug-likeness (QED) is 0.788. The van der Waals surface area contributed by atoms with Crippen LogP contribution in [0.3, 0.4) is 0 Å². The Morgan fingerprint density at radius 3 is 3.00 bits per heavy atom. The summed E-state index contributed by atoms with van der Waals surface area (Å²) in [5.74, 6) is 0.594. The van der Waals surface area contributed by atoms with Gasteiger partial charge in [-0.25, -0.2) is 0 Å². The van der Waals surface area contributed by atoms with Gasteiger partial charge in [-0.2, -0.15) is 4.80 Å². The number of carbonyl (C=O) groups excluding carboxylic acids is 1. The minimum Gasteiger partial charge on any atom is -0.293 e. The predicted octanol–water partition coefficient (Wildman–Crippen LogP) is 1.58. The number of nitrogens with zero attached hydrogens (tertiary/aromatic N) is 4. The Morgan fingerprint density at radius 2 is 2.28 bits per heavy atom. The van der Waals surface area contributed by atoms with Crippen LogP contribution >= 0.6 is 11.3 Å². The molecule has 1 aliphatic carbocycles. The lowest BCUT2D eigenvalue weighted by molar-refractivity contribution is 0.0994. The number of ketones is 1. The van der Waals surface area contributed by atoms with Crippen LogP contribution in [0.2, 0.25) is 0 Å². The van der Waals surface area contributed by atoms with Gasteiger partial charge >= 0.3 is 0 Å². The highest BCUT2D eigenvalue weighted by Crippen LogP contribution is 2.30. The first-order valence-electron chi connectivity index (χ1n) is 6.10. The standard InChI is InChI=1S/C12H14N4OS/c1-16-14-12(13-15-16)7-9(17)11-6-8-4-2-3-5-10(8)18-11/h6H,2-5,7H2,1H3. The summed E-state index contributed by atoms with van der Waals surface area (Å²) in [5.41, 5.74) is 1.36. The zero-order valence-electron chi connectivity index (χ0n) is 10.2. The molecule has 1 aliphatic rings. The second kappa shape index (κ2) is 4.61. The van der Waals surface area contributed by atoms with Gasteiger partial charge in [0.05, 0.1) is 18.3 Å². The van der Waals surface area contributed by atoms with E-state index in [1.807, 2.05) is 0 Å². The molecule has 0 radical (unpaired) electrons. The van der Waals surface area contributed by atoms with Crippen molar-refractivity contribution >= 4 is 17.1 Å². The minimum atomic E-state index is 0.0994. The van der Waals surface area contributed by atoms with Gasteiger partial charge in [-0.05, 0) is 42.5 Å². The first-order chi connectivity index (χ1) is 8.72. The van der Waals surface area contributed by atoms with Crippen molar-refractivity contribution in [2.24, 2.45) is 7.05 Å². The van der Waals surface area contributed by atoms with E-state index < -0.39 is 0 Å². The molecule has 0 N–H and O–H groups in total. The van der Waals surface area contributed by atoms with Gasteiger partial charge in [0.25, 0.3) is 0 Å². The molecule has 0 amide bonds. The molecule has 0 fully saturated rings. The van der Waals surface area contributed by atoms with Crippen molar-refractivity contribution in [1.82, 2.24) is 20.2 Å². The predicted molar refractivity (Wildman–Crippen MR) is 67.8 cm³/mol. The third-order valence-electron chi connectivity index (χ3n) is 3.14. The highest BCUT2D eigenvalue weighted by Gasteiger charge is 2.18. The second-order valence-electron chi connectivity index (χ2n) is 4.56. The van der Waals surface area contributed by atoms with Gasteiger partial charge in [0.2, 0.25) is 0 Å². The average Bonchev–Trinajstić information content (AvgIpc) is 2.95. The number of thiophene rings is 1. The minimum absolute atomic E-state index is 0.0994. The van der Waals surface area contributed by atoms with Gasteiger partial charge in [-0.3, -0.25) is 4.79 Å². The molecule has 18 heavy (non-hydrogen) atoms. The van der Waals surface area contributed by atoms with Crippen LogP contribution in [0.25, 0.3) is 0 Å². The van der Waals surface area contributed by atoms with Gasteiger partial charge in [-0.15, -0.1) is 21.5 Å². The highest BCUT2D eigenvalue weighted by molar-refractivity contribution is 7.14. The number of hydrogen-bond acceptors (Lipinski definition) is 5. The molecular formula is C12H14N4OS. The molecular weight excluding hydrogens is 248 g/mol. The SMILES string of the molecule is Cn1nnc(CC(=O)c2cc3c(s2)CCCC3)n1. The molecule has 0 saturated carbocycles. The summed E-state index contributed by atoms with van der Waals surface area (Å²) >= 11 is 1.64. The van der Waals surface area contributed by atoms with Gasteiger partial charge in [0, 0.05) is 4.88 Å². The molecule has 2 aromatic rings. The van der Waals surface area contributed by atoms with E-state index in [4.69, 9.17) is 0 Å².